The van der Waals surface area contributed by atoms with Gasteiger partial charge >= 0.3 is 0 Å². The fourth-order valence-electron chi connectivity index (χ4n) is 3.72. The van der Waals surface area contributed by atoms with E-state index in [1.165, 1.54) is 17.1 Å². The number of amides is 1. The van der Waals surface area contributed by atoms with Crippen LogP contribution in [0.25, 0.3) is 0 Å². The topological polar surface area (TPSA) is 75.7 Å². The van der Waals surface area contributed by atoms with Crippen molar-refractivity contribution in [2.75, 3.05) is 19.6 Å². The summed E-state index contributed by atoms with van der Waals surface area (Å²) in [6, 6.07) is 6.94. The average Bonchev–Trinajstić information content (AvgIpc) is 3.37. The van der Waals surface area contributed by atoms with Crippen LogP contribution >= 0.6 is 0 Å². The van der Waals surface area contributed by atoms with E-state index in [4.69, 9.17) is 4.74 Å². The minimum absolute atomic E-state index is 0.00852. The second kappa shape index (κ2) is 6.37. The number of fused-ring (bicyclic) bond motifs is 2. The number of sulfonamides is 1. The molecule has 1 amide bonds. The van der Waals surface area contributed by atoms with Gasteiger partial charge in [-0.2, -0.15) is 4.31 Å². The third-order valence-corrected chi connectivity index (χ3v) is 7.18. The molecular formula is C18H24N2O4S. The van der Waals surface area contributed by atoms with Gasteiger partial charge in [0.25, 0.3) is 0 Å². The molecule has 3 fully saturated rings. The number of morpholine rings is 1. The van der Waals surface area contributed by atoms with E-state index in [-0.39, 0.29) is 30.6 Å². The molecule has 2 saturated heterocycles. The van der Waals surface area contributed by atoms with Gasteiger partial charge in [0.1, 0.15) is 0 Å². The Bertz CT molecular complexity index is 775. The third kappa shape index (κ3) is 3.45. The van der Waals surface area contributed by atoms with Gasteiger partial charge in [-0.05, 0) is 49.8 Å². The van der Waals surface area contributed by atoms with Crippen molar-refractivity contribution < 1.29 is 17.9 Å². The van der Waals surface area contributed by atoms with E-state index in [1.807, 2.05) is 13.0 Å². The summed E-state index contributed by atoms with van der Waals surface area (Å²) in [6.07, 6.45) is 2.43. The molecule has 1 aliphatic carbocycles. The van der Waals surface area contributed by atoms with E-state index in [0.29, 0.717) is 23.8 Å². The van der Waals surface area contributed by atoms with Crippen LogP contribution in [0.1, 0.15) is 24.8 Å². The molecule has 0 aromatic heterocycles. The Kier molecular flexibility index (Phi) is 4.33. The van der Waals surface area contributed by atoms with Crippen LogP contribution in [0.3, 0.4) is 0 Å². The molecule has 0 spiro atoms. The minimum Gasteiger partial charge on any atom is -0.371 e. The molecule has 1 saturated carbocycles. The summed E-state index contributed by atoms with van der Waals surface area (Å²) in [4.78, 5) is 12.7. The van der Waals surface area contributed by atoms with Crippen molar-refractivity contribution in [2.45, 2.75) is 43.3 Å². The number of hydrogen-bond donors (Lipinski definition) is 1. The van der Waals surface area contributed by atoms with Crippen LogP contribution in [0.5, 0.6) is 0 Å². The Labute approximate surface area is 148 Å². The summed E-state index contributed by atoms with van der Waals surface area (Å²) < 4.78 is 33.2. The molecular weight excluding hydrogens is 340 g/mol. The number of aryl methyl sites for hydroxylation is 1. The maximum absolute atomic E-state index is 12.9. The van der Waals surface area contributed by atoms with Crippen molar-refractivity contribution >= 4 is 15.9 Å². The number of ether oxygens (including phenoxy) is 1. The summed E-state index contributed by atoms with van der Waals surface area (Å²) in [6.45, 7) is 3.17. The highest BCUT2D eigenvalue weighted by Crippen LogP contribution is 2.35. The van der Waals surface area contributed by atoms with Gasteiger partial charge in [-0.25, -0.2) is 8.42 Å². The van der Waals surface area contributed by atoms with Crippen LogP contribution in [0, 0.1) is 18.8 Å². The van der Waals surface area contributed by atoms with E-state index < -0.39 is 10.0 Å². The van der Waals surface area contributed by atoms with Gasteiger partial charge in [-0.3, -0.25) is 4.79 Å². The van der Waals surface area contributed by atoms with Crippen LogP contribution < -0.4 is 5.32 Å². The van der Waals surface area contributed by atoms with Crippen molar-refractivity contribution in [3.63, 3.8) is 0 Å². The summed E-state index contributed by atoms with van der Waals surface area (Å²) in [7, 11) is -3.55. The van der Waals surface area contributed by atoms with E-state index >= 15 is 0 Å². The SMILES string of the molecule is Cc1cccc(S(=O)(=O)N2C[C@@H]3C[C@H](C(=O)NCC4CC4)[C@H](C2)O3)c1. The van der Waals surface area contributed by atoms with E-state index in [9.17, 15) is 13.2 Å². The third-order valence-electron chi connectivity index (χ3n) is 5.35. The van der Waals surface area contributed by atoms with Crippen molar-refractivity contribution in [3.05, 3.63) is 29.8 Å². The largest absolute Gasteiger partial charge is 0.371 e. The number of carbonyl (C=O) groups is 1. The Morgan fingerprint density at radius 2 is 2.12 bits per heavy atom. The number of nitrogens with one attached hydrogen (secondary N) is 1. The fourth-order valence-corrected chi connectivity index (χ4v) is 5.31. The normalized spacial score (nSPS) is 29.6. The first-order chi connectivity index (χ1) is 11.9. The molecule has 1 N–H and O–H groups in total. The lowest BCUT2D eigenvalue weighted by molar-refractivity contribution is -0.127. The summed E-state index contributed by atoms with van der Waals surface area (Å²) in [5, 5.41) is 3.00. The van der Waals surface area contributed by atoms with Crippen LogP contribution in [0.15, 0.2) is 29.2 Å². The molecule has 25 heavy (non-hydrogen) atoms. The molecule has 1 aromatic rings. The summed E-state index contributed by atoms with van der Waals surface area (Å²) in [5.41, 5.74) is 0.912. The Morgan fingerprint density at radius 3 is 2.84 bits per heavy atom. The molecule has 6 nitrogen and oxygen atoms in total. The molecule has 3 atom stereocenters. The molecule has 0 unspecified atom stereocenters. The van der Waals surface area contributed by atoms with Gasteiger partial charge in [0.15, 0.2) is 0 Å². The molecule has 4 rings (SSSR count). The Balaban J connectivity index is 1.47. The average molecular weight is 364 g/mol. The predicted molar refractivity (Wildman–Crippen MR) is 92.4 cm³/mol. The molecule has 2 aliphatic heterocycles. The van der Waals surface area contributed by atoms with Gasteiger partial charge in [0.05, 0.1) is 23.0 Å². The minimum atomic E-state index is -3.55. The quantitative estimate of drug-likeness (QED) is 0.854. The predicted octanol–water partition coefficient (Wildman–Crippen LogP) is 1.30. The molecule has 2 bridgehead atoms. The first-order valence-corrected chi connectivity index (χ1v) is 10.4. The first-order valence-electron chi connectivity index (χ1n) is 8.93. The highest BCUT2D eigenvalue weighted by Gasteiger charge is 2.47. The zero-order valence-electron chi connectivity index (χ0n) is 14.3. The van der Waals surface area contributed by atoms with Crippen molar-refractivity contribution in [2.24, 2.45) is 11.8 Å². The van der Waals surface area contributed by atoms with E-state index in [0.717, 1.165) is 12.1 Å². The number of nitrogens with zero attached hydrogens (tertiary/aromatic N) is 1. The molecule has 3 aliphatic rings. The lowest BCUT2D eigenvalue weighted by Gasteiger charge is -2.32. The number of hydrogen-bond acceptors (Lipinski definition) is 4. The maximum Gasteiger partial charge on any atom is 0.243 e. The van der Waals surface area contributed by atoms with Crippen molar-refractivity contribution in [1.82, 2.24) is 9.62 Å². The van der Waals surface area contributed by atoms with E-state index in [2.05, 4.69) is 5.32 Å². The molecule has 0 radical (unpaired) electrons. The van der Waals surface area contributed by atoms with Crippen LogP contribution in [0.4, 0.5) is 0 Å². The van der Waals surface area contributed by atoms with Gasteiger partial charge in [0, 0.05) is 19.6 Å². The van der Waals surface area contributed by atoms with Crippen LogP contribution in [-0.2, 0) is 19.6 Å². The second-order valence-corrected chi connectivity index (χ2v) is 9.40. The Morgan fingerprint density at radius 1 is 1.32 bits per heavy atom. The number of carbonyl (C=O) groups excluding carboxylic acids is 1. The highest BCUT2D eigenvalue weighted by molar-refractivity contribution is 7.89. The van der Waals surface area contributed by atoms with Gasteiger partial charge in [-0.15, -0.1) is 0 Å². The van der Waals surface area contributed by atoms with Gasteiger partial charge < -0.3 is 10.1 Å². The Hall–Kier alpha value is -1.44. The molecule has 136 valence electrons. The van der Waals surface area contributed by atoms with E-state index in [1.54, 1.807) is 18.2 Å². The van der Waals surface area contributed by atoms with Gasteiger partial charge in [-0.1, -0.05) is 12.1 Å². The van der Waals surface area contributed by atoms with Crippen LogP contribution in [-0.4, -0.2) is 50.5 Å². The summed E-state index contributed by atoms with van der Waals surface area (Å²) >= 11 is 0. The zero-order valence-corrected chi connectivity index (χ0v) is 15.2. The summed E-state index contributed by atoms with van der Waals surface area (Å²) in [5.74, 6) is 0.388. The number of benzene rings is 1. The smallest absolute Gasteiger partial charge is 0.243 e. The second-order valence-electron chi connectivity index (χ2n) is 7.47. The highest BCUT2D eigenvalue weighted by atomic mass is 32.2. The lowest BCUT2D eigenvalue weighted by atomic mass is 9.99. The standard InChI is InChI=1S/C18H24N2O4S/c1-12-3-2-4-15(7-12)25(22,23)20-10-14-8-16(17(11-20)24-14)18(21)19-9-13-5-6-13/h2-4,7,13-14,16-17H,5-6,8-11H2,1H3,(H,19,21)/t14-,16-,17-/m0/s1. The lowest BCUT2D eigenvalue weighted by Crippen LogP contribution is -2.47. The van der Waals surface area contributed by atoms with Crippen LogP contribution in [0.2, 0.25) is 0 Å². The van der Waals surface area contributed by atoms with Crippen molar-refractivity contribution in [1.29, 1.82) is 0 Å². The van der Waals surface area contributed by atoms with Crippen molar-refractivity contribution in [3.8, 4) is 0 Å². The molecule has 1 aromatic carbocycles. The van der Waals surface area contributed by atoms with Gasteiger partial charge in [0.2, 0.25) is 15.9 Å². The monoisotopic (exact) mass is 364 g/mol. The first kappa shape index (κ1) is 17.0. The number of rotatable bonds is 5. The maximum atomic E-state index is 12.9. The molecule has 7 heteroatoms. The molecule has 2 heterocycles. The zero-order chi connectivity index (χ0) is 17.6. The fraction of sp³-hybridized carbons (Fsp3) is 0.611.